The first-order valence-electron chi connectivity index (χ1n) is 6.62. The summed E-state index contributed by atoms with van der Waals surface area (Å²) in [6.45, 7) is 4.72. The highest BCUT2D eigenvalue weighted by molar-refractivity contribution is 5.93. The van der Waals surface area contributed by atoms with Crippen LogP contribution in [-0.4, -0.2) is 47.1 Å². The number of carbonyl (C=O) groups is 1. The molecule has 1 fully saturated rings. The standard InChI is InChI=1S/C14H16N4O2/c1-11-10-20-16-13(11)14(19)18-8-6-17(7-9-18)12-4-2-3-5-15-12/h2-5,10H,6-9H2,1H3. The van der Waals surface area contributed by atoms with Crippen molar-refractivity contribution in [3.8, 4) is 0 Å². The Morgan fingerprint density at radius 3 is 2.65 bits per heavy atom. The van der Waals surface area contributed by atoms with Gasteiger partial charge in [-0.2, -0.15) is 0 Å². The molecular weight excluding hydrogens is 256 g/mol. The van der Waals surface area contributed by atoms with E-state index in [0.717, 1.165) is 24.5 Å². The number of aryl methyl sites for hydroxylation is 1. The molecule has 1 amide bonds. The number of pyridine rings is 1. The number of hydrogen-bond donors (Lipinski definition) is 0. The third kappa shape index (κ3) is 2.36. The summed E-state index contributed by atoms with van der Waals surface area (Å²) in [5.41, 5.74) is 1.19. The molecule has 1 saturated heterocycles. The van der Waals surface area contributed by atoms with Gasteiger partial charge < -0.3 is 14.3 Å². The lowest BCUT2D eigenvalue weighted by Crippen LogP contribution is -2.49. The lowest BCUT2D eigenvalue weighted by Gasteiger charge is -2.35. The zero-order valence-electron chi connectivity index (χ0n) is 11.3. The summed E-state index contributed by atoms with van der Waals surface area (Å²) in [6.07, 6.45) is 3.28. The number of carbonyl (C=O) groups excluding carboxylic acids is 1. The predicted molar refractivity (Wildman–Crippen MR) is 73.6 cm³/mol. The fraction of sp³-hybridized carbons (Fsp3) is 0.357. The Hall–Kier alpha value is -2.37. The molecule has 3 rings (SSSR count). The molecule has 0 saturated carbocycles. The van der Waals surface area contributed by atoms with Gasteiger partial charge in [-0.25, -0.2) is 4.98 Å². The molecule has 20 heavy (non-hydrogen) atoms. The van der Waals surface area contributed by atoms with Gasteiger partial charge in [-0.15, -0.1) is 0 Å². The van der Waals surface area contributed by atoms with Crippen molar-refractivity contribution in [2.45, 2.75) is 6.92 Å². The molecule has 3 heterocycles. The van der Waals surface area contributed by atoms with Crippen LogP contribution in [0.3, 0.4) is 0 Å². The number of nitrogens with zero attached hydrogens (tertiary/aromatic N) is 4. The molecule has 0 aromatic carbocycles. The lowest BCUT2D eigenvalue weighted by atomic mass is 10.2. The van der Waals surface area contributed by atoms with E-state index in [2.05, 4.69) is 15.0 Å². The van der Waals surface area contributed by atoms with Gasteiger partial charge in [0.1, 0.15) is 12.1 Å². The van der Waals surface area contributed by atoms with Crippen LogP contribution in [0.15, 0.2) is 35.2 Å². The van der Waals surface area contributed by atoms with Gasteiger partial charge in [0.25, 0.3) is 5.91 Å². The molecular formula is C14H16N4O2. The van der Waals surface area contributed by atoms with E-state index in [-0.39, 0.29) is 5.91 Å². The molecule has 0 atom stereocenters. The second kappa shape index (κ2) is 5.32. The van der Waals surface area contributed by atoms with Crippen LogP contribution in [0.5, 0.6) is 0 Å². The van der Waals surface area contributed by atoms with Crippen LogP contribution in [0.2, 0.25) is 0 Å². The number of piperazine rings is 1. The molecule has 6 heteroatoms. The fourth-order valence-electron chi connectivity index (χ4n) is 2.32. The second-order valence-electron chi connectivity index (χ2n) is 4.81. The van der Waals surface area contributed by atoms with Crippen molar-refractivity contribution in [3.63, 3.8) is 0 Å². The Balaban J connectivity index is 1.64. The Labute approximate surface area is 117 Å². The molecule has 6 nitrogen and oxygen atoms in total. The summed E-state index contributed by atoms with van der Waals surface area (Å²) in [4.78, 5) is 20.6. The van der Waals surface area contributed by atoms with Gasteiger partial charge in [0.2, 0.25) is 0 Å². The largest absolute Gasteiger partial charge is 0.364 e. The minimum absolute atomic E-state index is 0.0584. The maximum Gasteiger partial charge on any atom is 0.276 e. The van der Waals surface area contributed by atoms with Crippen LogP contribution >= 0.6 is 0 Å². The summed E-state index contributed by atoms with van der Waals surface area (Å²) < 4.78 is 4.83. The quantitative estimate of drug-likeness (QED) is 0.825. The van der Waals surface area contributed by atoms with Crippen molar-refractivity contribution < 1.29 is 9.32 Å². The van der Waals surface area contributed by atoms with E-state index in [9.17, 15) is 4.79 Å². The second-order valence-corrected chi connectivity index (χ2v) is 4.81. The van der Waals surface area contributed by atoms with E-state index in [4.69, 9.17) is 4.52 Å². The molecule has 0 spiro atoms. The average Bonchev–Trinajstić information content (AvgIpc) is 2.94. The fourth-order valence-corrected chi connectivity index (χ4v) is 2.32. The van der Waals surface area contributed by atoms with Gasteiger partial charge in [0, 0.05) is 37.9 Å². The van der Waals surface area contributed by atoms with Gasteiger partial charge >= 0.3 is 0 Å². The summed E-state index contributed by atoms with van der Waals surface area (Å²) >= 11 is 0. The van der Waals surface area contributed by atoms with Gasteiger partial charge in [-0.1, -0.05) is 11.2 Å². The summed E-state index contributed by atoms with van der Waals surface area (Å²) in [7, 11) is 0. The monoisotopic (exact) mass is 272 g/mol. The molecule has 2 aromatic heterocycles. The van der Waals surface area contributed by atoms with Crippen molar-refractivity contribution in [3.05, 3.63) is 41.9 Å². The number of rotatable bonds is 2. The van der Waals surface area contributed by atoms with Crippen molar-refractivity contribution >= 4 is 11.7 Å². The molecule has 1 aliphatic rings. The number of amides is 1. The van der Waals surface area contributed by atoms with Crippen LogP contribution in [0, 0.1) is 6.92 Å². The van der Waals surface area contributed by atoms with E-state index in [1.807, 2.05) is 30.0 Å². The van der Waals surface area contributed by atoms with Crippen LogP contribution in [-0.2, 0) is 0 Å². The molecule has 0 bridgehead atoms. The maximum absolute atomic E-state index is 12.3. The molecule has 2 aromatic rings. The van der Waals surface area contributed by atoms with E-state index < -0.39 is 0 Å². The topological polar surface area (TPSA) is 62.5 Å². The number of anilines is 1. The Morgan fingerprint density at radius 1 is 1.25 bits per heavy atom. The highest BCUT2D eigenvalue weighted by Crippen LogP contribution is 2.15. The zero-order valence-corrected chi connectivity index (χ0v) is 11.3. The minimum atomic E-state index is -0.0584. The summed E-state index contributed by atoms with van der Waals surface area (Å²) in [6, 6.07) is 5.86. The van der Waals surface area contributed by atoms with Crippen LogP contribution in [0.4, 0.5) is 5.82 Å². The summed E-state index contributed by atoms with van der Waals surface area (Å²) in [5.74, 6) is 0.897. The average molecular weight is 272 g/mol. The first kappa shape index (κ1) is 12.7. The zero-order chi connectivity index (χ0) is 13.9. The van der Waals surface area contributed by atoms with E-state index in [1.165, 1.54) is 6.26 Å². The van der Waals surface area contributed by atoms with Gasteiger partial charge in [-0.3, -0.25) is 4.79 Å². The van der Waals surface area contributed by atoms with Crippen molar-refractivity contribution in [1.29, 1.82) is 0 Å². The van der Waals surface area contributed by atoms with Gasteiger partial charge in [-0.05, 0) is 19.1 Å². The predicted octanol–water partition coefficient (Wildman–Crippen LogP) is 1.34. The SMILES string of the molecule is Cc1conc1C(=O)N1CCN(c2ccccn2)CC1. The van der Waals surface area contributed by atoms with Crippen molar-refractivity contribution in [2.24, 2.45) is 0 Å². The van der Waals surface area contributed by atoms with Crippen LogP contribution < -0.4 is 4.90 Å². The number of aromatic nitrogens is 2. The molecule has 0 aliphatic carbocycles. The van der Waals surface area contributed by atoms with Crippen LogP contribution in [0.1, 0.15) is 16.1 Å². The lowest BCUT2D eigenvalue weighted by molar-refractivity contribution is 0.0735. The van der Waals surface area contributed by atoms with Crippen molar-refractivity contribution in [1.82, 2.24) is 15.0 Å². The first-order valence-corrected chi connectivity index (χ1v) is 6.62. The third-order valence-electron chi connectivity index (χ3n) is 3.49. The molecule has 0 N–H and O–H groups in total. The summed E-state index contributed by atoms with van der Waals surface area (Å²) in [5, 5.41) is 3.78. The van der Waals surface area contributed by atoms with Crippen molar-refractivity contribution in [2.75, 3.05) is 31.1 Å². The Morgan fingerprint density at radius 2 is 2.05 bits per heavy atom. The first-order chi connectivity index (χ1) is 9.75. The maximum atomic E-state index is 12.3. The molecule has 1 aliphatic heterocycles. The van der Waals surface area contributed by atoms with Crippen LogP contribution in [0.25, 0.3) is 0 Å². The molecule has 0 unspecified atom stereocenters. The smallest absolute Gasteiger partial charge is 0.276 e. The number of hydrogen-bond acceptors (Lipinski definition) is 5. The Bertz CT molecular complexity index is 588. The minimum Gasteiger partial charge on any atom is -0.364 e. The van der Waals surface area contributed by atoms with Gasteiger partial charge in [0.05, 0.1) is 0 Å². The normalized spacial score (nSPS) is 15.4. The van der Waals surface area contributed by atoms with E-state index >= 15 is 0 Å². The van der Waals surface area contributed by atoms with E-state index in [0.29, 0.717) is 18.8 Å². The third-order valence-corrected chi connectivity index (χ3v) is 3.49. The molecule has 0 radical (unpaired) electrons. The highest BCUT2D eigenvalue weighted by Gasteiger charge is 2.25. The van der Waals surface area contributed by atoms with Gasteiger partial charge in [0.15, 0.2) is 5.69 Å². The molecule has 104 valence electrons. The Kier molecular flexibility index (Phi) is 3.37. The highest BCUT2D eigenvalue weighted by atomic mass is 16.5. The van der Waals surface area contributed by atoms with E-state index in [1.54, 1.807) is 6.20 Å².